The molecule has 19 heavy (non-hydrogen) atoms. The molecule has 0 aromatic heterocycles. The Kier molecular flexibility index (Phi) is 6.17. The fourth-order valence-electron chi connectivity index (χ4n) is 1.53. The summed E-state index contributed by atoms with van der Waals surface area (Å²) in [5.41, 5.74) is 0.648. The number of rotatable bonds is 5. The van der Waals surface area contributed by atoms with E-state index in [4.69, 9.17) is 16.3 Å². The molecule has 1 aromatic rings. The normalized spacial score (nSPS) is 11.4. The highest BCUT2D eigenvalue weighted by Gasteiger charge is 2.16. The number of halogens is 1. The van der Waals surface area contributed by atoms with E-state index in [1.165, 1.54) is 11.8 Å². The van der Waals surface area contributed by atoms with Crippen LogP contribution in [-0.2, 0) is 16.1 Å². The first-order valence-electron chi connectivity index (χ1n) is 6.09. The average molecular weight is 302 g/mol. The van der Waals surface area contributed by atoms with Crippen molar-refractivity contribution in [2.24, 2.45) is 0 Å². The molecule has 0 radical (unpaired) electrons. The number of thioether (sulfide) groups is 1. The summed E-state index contributed by atoms with van der Waals surface area (Å²) in [7, 11) is 1.88. The van der Waals surface area contributed by atoms with Crippen LogP contribution < -0.4 is 5.32 Å². The van der Waals surface area contributed by atoms with Gasteiger partial charge >= 0.3 is 5.97 Å². The number of ether oxygens (including phenoxy) is 1. The van der Waals surface area contributed by atoms with Crippen molar-refractivity contribution in [1.82, 2.24) is 5.32 Å². The number of nitrogens with one attached hydrogen (secondary N) is 1. The summed E-state index contributed by atoms with van der Waals surface area (Å²) in [5.74, 6) is 0.0955. The number of hydrogen-bond acceptors (Lipinski definition) is 4. The van der Waals surface area contributed by atoms with Gasteiger partial charge in [0.1, 0.15) is 5.60 Å². The van der Waals surface area contributed by atoms with Crippen molar-refractivity contribution in [2.75, 3.05) is 12.8 Å². The van der Waals surface area contributed by atoms with Crippen molar-refractivity contribution in [2.45, 2.75) is 37.8 Å². The highest BCUT2D eigenvalue weighted by atomic mass is 35.5. The number of carbonyl (C=O) groups excluding carboxylic acids is 1. The highest BCUT2D eigenvalue weighted by Crippen LogP contribution is 2.26. The maximum absolute atomic E-state index is 11.7. The Labute approximate surface area is 124 Å². The molecular weight excluding hydrogens is 282 g/mol. The zero-order chi connectivity index (χ0) is 14.5. The van der Waals surface area contributed by atoms with Crippen LogP contribution in [0, 0.1) is 0 Å². The fraction of sp³-hybridized carbons (Fsp3) is 0.500. The summed E-state index contributed by atoms with van der Waals surface area (Å²) < 4.78 is 5.28. The largest absolute Gasteiger partial charge is 0.459 e. The minimum Gasteiger partial charge on any atom is -0.459 e. The summed E-state index contributed by atoms with van der Waals surface area (Å²) >= 11 is 7.45. The van der Waals surface area contributed by atoms with Gasteiger partial charge in [0, 0.05) is 16.5 Å². The van der Waals surface area contributed by atoms with E-state index in [0.717, 1.165) is 17.0 Å². The Hall–Kier alpha value is -0.710. The molecule has 0 bridgehead atoms. The zero-order valence-corrected chi connectivity index (χ0v) is 13.3. The third kappa shape index (κ3) is 6.32. The molecule has 3 nitrogen and oxygen atoms in total. The van der Waals surface area contributed by atoms with Crippen molar-refractivity contribution in [3.63, 3.8) is 0 Å². The second-order valence-corrected chi connectivity index (χ2v) is 6.61. The van der Waals surface area contributed by atoms with E-state index in [1.54, 1.807) is 0 Å². The van der Waals surface area contributed by atoms with Crippen molar-refractivity contribution in [3.8, 4) is 0 Å². The van der Waals surface area contributed by atoms with Gasteiger partial charge in [-0.05, 0) is 51.6 Å². The van der Waals surface area contributed by atoms with Gasteiger partial charge in [0.2, 0.25) is 0 Å². The molecule has 0 saturated heterocycles. The second kappa shape index (κ2) is 7.17. The van der Waals surface area contributed by atoms with Crippen LogP contribution in [0.3, 0.4) is 0 Å². The van der Waals surface area contributed by atoms with Crippen LogP contribution in [0.2, 0.25) is 5.02 Å². The topological polar surface area (TPSA) is 38.3 Å². The lowest BCUT2D eigenvalue weighted by Crippen LogP contribution is -2.24. The minimum absolute atomic E-state index is 0.206. The van der Waals surface area contributed by atoms with Crippen molar-refractivity contribution < 1.29 is 9.53 Å². The first-order chi connectivity index (χ1) is 8.81. The van der Waals surface area contributed by atoms with Crippen molar-refractivity contribution in [1.29, 1.82) is 0 Å². The Morgan fingerprint density at radius 3 is 2.68 bits per heavy atom. The molecular formula is C14H20ClNO2S. The zero-order valence-electron chi connectivity index (χ0n) is 11.7. The first kappa shape index (κ1) is 16.3. The average Bonchev–Trinajstić information content (AvgIpc) is 2.26. The number of benzene rings is 1. The molecule has 1 N–H and O–H groups in total. The smallest absolute Gasteiger partial charge is 0.316 e. The van der Waals surface area contributed by atoms with Gasteiger partial charge in [0.15, 0.2) is 0 Å². The lowest BCUT2D eigenvalue weighted by atomic mass is 10.2. The van der Waals surface area contributed by atoms with Crippen LogP contribution >= 0.6 is 23.4 Å². The Bertz CT molecular complexity index is 444. The minimum atomic E-state index is -0.439. The van der Waals surface area contributed by atoms with Gasteiger partial charge < -0.3 is 10.1 Å². The maximum Gasteiger partial charge on any atom is 0.316 e. The number of carbonyl (C=O) groups is 1. The predicted octanol–water partition coefficient (Wildman–Crippen LogP) is 3.49. The molecule has 0 unspecified atom stereocenters. The summed E-state index contributed by atoms with van der Waals surface area (Å²) in [4.78, 5) is 12.7. The Balaban J connectivity index is 2.64. The summed E-state index contributed by atoms with van der Waals surface area (Å²) in [6.07, 6.45) is 0. The molecule has 0 fully saturated rings. The maximum atomic E-state index is 11.7. The number of hydrogen-bond donors (Lipinski definition) is 1. The van der Waals surface area contributed by atoms with E-state index in [0.29, 0.717) is 10.8 Å². The van der Waals surface area contributed by atoms with Crippen LogP contribution in [-0.4, -0.2) is 24.4 Å². The van der Waals surface area contributed by atoms with E-state index < -0.39 is 5.60 Å². The standard InChI is InChI=1S/C14H20ClNO2S/c1-14(2,3)18-13(17)9-19-12-6-5-11(15)7-10(12)8-16-4/h5-7,16H,8-9H2,1-4H3. The van der Waals surface area contributed by atoms with E-state index in [1.807, 2.05) is 46.0 Å². The monoisotopic (exact) mass is 301 g/mol. The summed E-state index contributed by atoms with van der Waals surface area (Å²) in [6, 6.07) is 5.68. The summed E-state index contributed by atoms with van der Waals surface area (Å²) in [5, 5.41) is 3.79. The molecule has 1 aromatic carbocycles. The third-order valence-corrected chi connectivity index (χ3v) is 3.48. The predicted molar refractivity (Wildman–Crippen MR) is 80.8 cm³/mol. The van der Waals surface area contributed by atoms with Gasteiger partial charge in [-0.1, -0.05) is 11.6 Å². The Morgan fingerprint density at radius 2 is 2.11 bits per heavy atom. The van der Waals surface area contributed by atoms with Gasteiger partial charge in [-0.15, -0.1) is 11.8 Å². The molecule has 0 aliphatic carbocycles. The lowest BCUT2D eigenvalue weighted by Gasteiger charge is -2.19. The molecule has 0 spiro atoms. The molecule has 0 saturated carbocycles. The van der Waals surface area contributed by atoms with Crippen LogP contribution in [0.25, 0.3) is 0 Å². The highest BCUT2D eigenvalue weighted by molar-refractivity contribution is 8.00. The summed E-state index contributed by atoms with van der Waals surface area (Å²) in [6.45, 7) is 6.32. The van der Waals surface area contributed by atoms with E-state index >= 15 is 0 Å². The van der Waals surface area contributed by atoms with Crippen molar-refractivity contribution in [3.05, 3.63) is 28.8 Å². The third-order valence-electron chi connectivity index (χ3n) is 2.16. The van der Waals surface area contributed by atoms with Crippen molar-refractivity contribution >= 4 is 29.3 Å². The molecule has 5 heteroatoms. The lowest BCUT2D eigenvalue weighted by molar-refractivity contribution is -0.151. The van der Waals surface area contributed by atoms with Crippen LogP contribution in [0.1, 0.15) is 26.3 Å². The van der Waals surface area contributed by atoms with Crippen LogP contribution in [0.4, 0.5) is 0 Å². The van der Waals surface area contributed by atoms with Gasteiger partial charge in [-0.2, -0.15) is 0 Å². The second-order valence-electron chi connectivity index (χ2n) is 5.16. The van der Waals surface area contributed by atoms with Gasteiger partial charge in [0.25, 0.3) is 0 Å². The first-order valence-corrected chi connectivity index (χ1v) is 7.46. The van der Waals surface area contributed by atoms with E-state index in [9.17, 15) is 4.79 Å². The molecule has 0 amide bonds. The number of esters is 1. The Morgan fingerprint density at radius 1 is 1.42 bits per heavy atom. The molecule has 0 aliphatic heterocycles. The van der Waals surface area contributed by atoms with Gasteiger partial charge in [0.05, 0.1) is 5.75 Å². The van der Waals surface area contributed by atoms with Gasteiger partial charge in [-0.25, -0.2) is 0 Å². The molecule has 106 valence electrons. The molecule has 0 atom stereocenters. The fourth-order valence-corrected chi connectivity index (χ4v) is 2.53. The quantitative estimate of drug-likeness (QED) is 0.667. The van der Waals surface area contributed by atoms with Crippen LogP contribution in [0.15, 0.2) is 23.1 Å². The molecule has 0 heterocycles. The van der Waals surface area contributed by atoms with Gasteiger partial charge in [-0.3, -0.25) is 4.79 Å². The molecule has 0 aliphatic rings. The van der Waals surface area contributed by atoms with E-state index in [-0.39, 0.29) is 5.97 Å². The molecule has 1 rings (SSSR count). The van der Waals surface area contributed by atoms with E-state index in [2.05, 4.69) is 5.32 Å². The SMILES string of the molecule is CNCc1cc(Cl)ccc1SCC(=O)OC(C)(C)C. The van der Waals surface area contributed by atoms with Crippen LogP contribution in [0.5, 0.6) is 0 Å².